The first-order valence-electron chi connectivity index (χ1n) is 10.6. The van der Waals surface area contributed by atoms with Crippen molar-refractivity contribution < 1.29 is 9.53 Å². The summed E-state index contributed by atoms with van der Waals surface area (Å²) in [7, 11) is 0. The van der Waals surface area contributed by atoms with E-state index < -0.39 is 0 Å². The van der Waals surface area contributed by atoms with Crippen molar-refractivity contribution in [1.82, 2.24) is 15.3 Å². The third kappa shape index (κ3) is 5.33. The molecule has 0 aliphatic heterocycles. The number of amides is 1. The highest BCUT2D eigenvalue weighted by molar-refractivity contribution is 5.77. The zero-order valence-corrected chi connectivity index (χ0v) is 17.0. The molecule has 1 fully saturated rings. The van der Waals surface area contributed by atoms with E-state index in [2.05, 4.69) is 27.4 Å². The number of nitrogens with one attached hydrogen (secondary N) is 2. The molecule has 30 heavy (non-hydrogen) atoms. The Bertz CT molecular complexity index is 1050. The zero-order valence-electron chi connectivity index (χ0n) is 17.0. The van der Waals surface area contributed by atoms with Gasteiger partial charge in [-0.05, 0) is 43.4 Å². The third-order valence-corrected chi connectivity index (χ3v) is 5.56. The van der Waals surface area contributed by atoms with Crippen LogP contribution in [0.5, 0.6) is 0 Å². The van der Waals surface area contributed by atoms with Gasteiger partial charge in [0.25, 0.3) is 5.56 Å². The second kappa shape index (κ2) is 9.67. The number of aryl methyl sites for hydroxylation is 1. The summed E-state index contributed by atoms with van der Waals surface area (Å²) in [6.07, 6.45) is 4.61. The predicted octanol–water partition coefficient (Wildman–Crippen LogP) is 3.50. The van der Waals surface area contributed by atoms with Gasteiger partial charge in [0.2, 0.25) is 5.91 Å². The summed E-state index contributed by atoms with van der Waals surface area (Å²) in [4.78, 5) is 31.7. The SMILES string of the molecule is O=C(CCCc1nc2ccccc2c(=O)[nH]1)N[C@@H]1CCC(OCc2ccccc2)C1. The van der Waals surface area contributed by atoms with E-state index >= 15 is 0 Å². The fraction of sp³-hybridized carbons (Fsp3) is 0.375. The van der Waals surface area contributed by atoms with Gasteiger partial charge in [0.05, 0.1) is 23.6 Å². The molecule has 1 unspecified atom stereocenters. The number of rotatable bonds is 8. The number of benzene rings is 2. The molecule has 3 aromatic rings. The molecule has 4 rings (SSSR count). The molecule has 1 aliphatic rings. The van der Waals surface area contributed by atoms with E-state index in [0.717, 1.165) is 19.3 Å². The summed E-state index contributed by atoms with van der Waals surface area (Å²) < 4.78 is 5.99. The smallest absolute Gasteiger partial charge is 0.258 e. The Morgan fingerprint density at radius 3 is 2.77 bits per heavy atom. The number of carbonyl (C=O) groups excluding carboxylic acids is 1. The number of nitrogens with zero attached hydrogens (tertiary/aromatic N) is 1. The minimum Gasteiger partial charge on any atom is -0.373 e. The zero-order chi connectivity index (χ0) is 20.8. The Labute approximate surface area is 175 Å². The first kappa shape index (κ1) is 20.3. The molecule has 1 aliphatic carbocycles. The van der Waals surface area contributed by atoms with Crippen LogP contribution in [0.2, 0.25) is 0 Å². The highest BCUT2D eigenvalue weighted by Gasteiger charge is 2.26. The first-order valence-corrected chi connectivity index (χ1v) is 10.6. The van der Waals surface area contributed by atoms with E-state index in [0.29, 0.717) is 42.6 Å². The lowest BCUT2D eigenvalue weighted by Crippen LogP contribution is -2.33. The monoisotopic (exact) mass is 405 g/mol. The maximum Gasteiger partial charge on any atom is 0.258 e. The summed E-state index contributed by atoms with van der Waals surface area (Å²) in [6, 6.07) is 17.6. The molecule has 2 atom stereocenters. The van der Waals surface area contributed by atoms with E-state index in [1.54, 1.807) is 6.07 Å². The molecule has 156 valence electrons. The van der Waals surface area contributed by atoms with E-state index in [4.69, 9.17) is 4.74 Å². The number of H-pyrrole nitrogens is 1. The lowest BCUT2D eigenvalue weighted by Gasteiger charge is -2.14. The number of carbonyl (C=O) groups is 1. The Kier molecular flexibility index (Phi) is 6.54. The third-order valence-electron chi connectivity index (χ3n) is 5.56. The minimum absolute atomic E-state index is 0.0480. The van der Waals surface area contributed by atoms with Crippen molar-refractivity contribution >= 4 is 16.8 Å². The van der Waals surface area contributed by atoms with E-state index in [1.807, 2.05) is 36.4 Å². The molecule has 1 aromatic heterocycles. The lowest BCUT2D eigenvalue weighted by molar-refractivity contribution is -0.121. The van der Waals surface area contributed by atoms with Crippen LogP contribution in [0.15, 0.2) is 59.4 Å². The molecular weight excluding hydrogens is 378 g/mol. The number of hydrogen-bond acceptors (Lipinski definition) is 4. The van der Waals surface area contributed by atoms with Crippen molar-refractivity contribution in [2.24, 2.45) is 0 Å². The van der Waals surface area contributed by atoms with Crippen molar-refractivity contribution in [3.05, 3.63) is 76.3 Å². The predicted molar refractivity (Wildman–Crippen MR) is 116 cm³/mol. The van der Waals surface area contributed by atoms with Gasteiger partial charge in [0.1, 0.15) is 5.82 Å². The topological polar surface area (TPSA) is 84.1 Å². The molecule has 6 heteroatoms. The Balaban J connectivity index is 1.19. The van der Waals surface area contributed by atoms with Crippen molar-refractivity contribution in [2.75, 3.05) is 0 Å². The summed E-state index contributed by atoms with van der Waals surface area (Å²) in [5.74, 6) is 0.675. The lowest BCUT2D eigenvalue weighted by atomic mass is 10.2. The largest absolute Gasteiger partial charge is 0.373 e. The number of para-hydroxylation sites is 1. The fourth-order valence-corrected chi connectivity index (χ4v) is 3.98. The molecule has 6 nitrogen and oxygen atoms in total. The van der Waals surface area contributed by atoms with Gasteiger partial charge in [0.15, 0.2) is 0 Å². The highest BCUT2D eigenvalue weighted by Crippen LogP contribution is 2.23. The molecule has 1 amide bonds. The van der Waals surface area contributed by atoms with Crippen LogP contribution in [0.1, 0.15) is 43.5 Å². The Hall–Kier alpha value is -2.99. The van der Waals surface area contributed by atoms with Gasteiger partial charge in [0, 0.05) is 18.9 Å². The molecule has 0 bridgehead atoms. The van der Waals surface area contributed by atoms with Crippen molar-refractivity contribution in [2.45, 2.75) is 57.3 Å². The van der Waals surface area contributed by atoms with E-state index in [1.165, 1.54) is 5.56 Å². The molecule has 0 spiro atoms. The van der Waals surface area contributed by atoms with Gasteiger partial charge in [-0.15, -0.1) is 0 Å². The molecular formula is C24H27N3O3. The quantitative estimate of drug-likeness (QED) is 0.601. The van der Waals surface area contributed by atoms with Gasteiger partial charge < -0.3 is 15.0 Å². The average Bonchev–Trinajstić information content (AvgIpc) is 3.20. The molecule has 1 heterocycles. The molecule has 2 N–H and O–H groups in total. The van der Waals surface area contributed by atoms with Gasteiger partial charge >= 0.3 is 0 Å². The molecule has 0 saturated heterocycles. The number of ether oxygens (including phenoxy) is 1. The van der Waals surface area contributed by atoms with Crippen LogP contribution in [-0.2, 0) is 22.6 Å². The van der Waals surface area contributed by atoms with Crippen molar-refractivity contribution in [3.63, 3.8) is 0 Å². The fourth-order valence-electron chi connectivity index (χ4n) is 3.98. The number of aromatic amines is 1. The Morgan fingerprint density at radius 1 is 1.10 bits per heavy atom. The summed E-state index contributed by atoms with van der Waals surface area (Å²) in [5.41, 5.74) is 1.73. The van der Waals surface area contributed by atoms with Crippen LogP contribution in [0.4, 0.5) is 0 Å². The maximum absolute atomic E-state index is 12.3. The van der Waals surface area contributed by atoms with Gasteiger partial charge in [-0.2, -0.15) is 0 Å². The van der Waals surface area contributed by atoms with Crippen LogP contribution >= 0.6 is 0 Å². The maximum atomic E-state index is 12.3. The molecule has 1 saturated carbocycles. The average molecular weight is 405 g/mol. The van der Waals surface area contributed by atoms with Crippen molar-refractivity contribution in [3.8, 4) is 0 Å². The number of aromatic nitrogens is 2. The molecule has 0 radical (unpaired) electrons. The van der Waals surface area contributed by atoms with Crippen LogP contribution < -0.4 is 10.9 Å². The van der Waals surface area contributed by atoms with E-state index in [9.17, 15) is 9.59 Å². The minimum atomic E-state index is -0.132. The van der Waals surface area contributed by atoms with Gasteiger partial charge in [-0.1, -0.05) is 42.5 Å². The normalized spacial score (nSPS) is 18.5. The second-order valence-corrected chi connectivity index (χ2v) is 7.88. The summed E-state index contributed by atoms with van der Waals surface area (Å²) in [5, 5.41) is 3.71. The van der Waals surface area contributed by atoms with Crippen LogP contribution in [-0.4, -0.2) is 28.0 Å². The number of fused-ring (bicyclic) bond motifs is 1. The van der Waals surface area contributed by atoms with E-state index in [-0.39, 0.29) is 23.6 Å². The summed E-state index contributed by atoms with van der Waals surface area (Å²) >= 11 is 0. The molecule has 2 aromatic carbocycles. The van der Waals surface area contributed by atoms with Gasteiger partial charge in [-0.25, -0.2) is 4.98 Å². The van der Waals surface area contributed by atoms with Crippen molar-refractivity contribution in [1.29, 1.82) is 0 Å². The Morgan fingerprint density at radius 2 is 1.90 bits per heavy atom. The summed E-state index contributed by atoms with van der Waals surface area (Å²) in [6.45, 7) is 0.614. The number of hydrogen-bond donors (Lipinski definition) is 2. The van der Waals surface area contributed by atoms with Crippen LogP contribution in [0.3, 0.4) is 0 Å². The van der Waals surface area contributed by atoms with Crippen LogP contribution in [0.25, 0.3) is 10.9 Å². The first-order chi connectivity index (χ1) is 14.7. The second-order valence-electron chi connectivity index (χ2n) is 7.88. The van der Waals surface area contributed by atoms with Crippen LogP contribution in [0, 0.1) is 0 Å². The standard InChI is InChI=1S/C24H27N3O3/c28-23(12-6-11-22-26-21-10-5-4-9-20(21)24(29)27-22)25-18-13-14-19(15-18)30-16-17-7-2-1-3-8-17/h1-5,7-10,18-19H,6,11-16H2,(H,25,28)(H,26,27,29)/t18-,19?/m1/s1. The highest BCUT2D eigenvalue weighted by atomic mass is 16.5. The van der Waals surface area contributed by atoms with Gasteiger partial charge in [-0.3, -0.25) is 9.59 Å².